The molecule has 0 spiro atoms. The molecule has 3 aromatic rings. The van der Waals surface area contributed by atoms with Crippen molar-refractivity contribution < 1.29 is 32.6 Å². The van der Waals surface area contributed by atoms with Crippen LogP contribution in [0.4, 0.5) is 18.0 Å². The molecule has 3 N–H and O–H groups in total. The molecule has 2 aromatic carbocycles. The van der Waals surface area contributed by atoms with Gasteiger partial charge in [0.25, 0.3) is 5.91 Å². The number of rotatable bonds is 5. The van der Waals surface area contributed by atoms with E-state index >= 15 is 0 Å². The number of carbonyl (C=O) groups excluding carboxylic acids is 2. The van der Waals surface area contributed by atoms with Gasteiger partial charge in [0.1, 0.15) is 6.17 Å². The van der Waals surface area contributed by atoms with Gasteiger partial charge in [0.2, 0.25) is 0 Å². The van der Waals surface area contributed by atoms with Crippen LogP contribution in [0.1, 0.15) is 16.8 Å². The smallest absolute Gasteiger partial charge is 0.411 e. The summed E-state index contributed by atoms with van der Waals surface area (Å²) in [6, 6.07) is 7.98. The van der Waals surface area contributed by atoms with Gasteiger partial charge in [-0.25, -0.2) is 18.6 Å². The van der Waals surface area contributed by atoms with Crippen LogP contribution < -0.4 is 5.73 Å². The fourth-order valence-electron chi connectivity index (χ4n) is 3.88. The van der Waals surface area contributed by atoms with Gasteiger partial charge < -0.3 is 20.5 Å². The summed E-state index contributed by atoms with van der Waals surface area (Å²) in [4.78, 5) is 32.4. The molecule has 0 aliphatic carbocycles. The molecule has 1 fully saturated rings. The zero-order valence-electron chi connectivity index (χ0n) is 18.9. The molecule has 8 nitrogen and oxygen atoms in total. The van der Waals surface area contributed by atoms with Gasteiger partial charge >= 0.3 is 6.09 Å². The molecule has 2 amide bonds. The Hall–Kier alpha value is -3.57. The monoisotopic (exact) mass is 522 g/mol. The quantitative estimate of drug-likeness (QED) is 0.489. The maximum absolute atomic E-state index is 13.8. The molecular formula is C24H22ClF3N4O4. The van der Waals surface area contributed by atoms with Gasteiger partial charge in [-0.15, -0.1) is 0 Å². The van der Waals surface area contributed by atoms with Crippen LogP contribution in [0.2, 0.25) is 5.02 Å². The normalized spacial score (nSPS) is 15.9. The Morgan fingerprint density at radius 1 is 1.17 bits per heavy atom. The maximum atomic E-state index is 13.8. The molecule has 190 valence electrons. The Morgan fingerprint density at radius 2 is 1.89 bits per heavy atom. The first kappa shape index (κ1) is 25.5. The van der Waals surface area contributed by atoms with Crippen LogP contribution in [0.3, 0.4) is 0 Å². The van der Waals surface area contributed by atoms with Gasteiger partial charge in [-0.3, -0.25) is 14.1 Å². The molecular weight excluding hydrogens is 501 g/mol. The molecule has 0 radical (unpaired) electrons. The van der Waals surface area contributed by atoms with E-state index in [1.54, 1.807) is 12.1 Å². The van der Waals surface area contributed by atoms with Gasteiger partial charge in [-0.1, -0.05) is 17.7 Å². The second-order valence-corrected chi connectivity index (χ2v) is 8.59. The molecule has 1 saturated heterocycles. The fraction of sp³-hybridized carbons (Fsp3) is 0.292. The van der Waals surface area contributed by atoms with E-state index in [-0.39, 0.29) is 60.4 Å². The van der Waals surface area contributed by atoms with Gasteiger partial charge in [-0.2, -0.15) is 0 Å². The molecule has 1 aromatic heterocycles. The van der Waals surface area contributed by atoms with Crippen molar-refractivity contribution in [1.29, 1.82) is 0 Å². The summed E-state index contributed by atoms with van der Waals surface area (Å²) in [5, 5.41) is 10.1. The van der Waals surface area contributed by atoms with Crippen LogP contribution in [0, 0.1) is 11.6 Å². The van der Waals surface area contributed by atoms with Crippen molar-refractivity contribution in [2.45, 2.75) is 12.6 Å². The number of amides is 2. The number of phenolic OH excluding ortho intramolecular Hbond substituents is 1. The van der Waals surface area contributed by atoms with E-state index in [9.17, 15) is 27.9 Å². The van der Waals surface area contributed by atoms with E-state index in [0.717, 1.165) is 12.1 Å². The summed E-state index contributed by atoms with van der Waals surface area (Å²) in [5.74, 6) is -3.74. The van der Waals surface area contributed by atoms with Gasteiger partial charge in [0.05, 0.1) is 36.1 Å². The number of ether oxygens (including phenoxy) is 1. The minimum Gasteiger partial charge on any atom is -0.503 e. The van der Waals surface area contributed by atoms with Gasteiger partial charge in [0.15, 0.2) is 17.4 Å². The van der Waals surface area contributed by atoms with Crippen LogP contribution in [0.25, 0.3) is 22.2 Å². The van der Waals surface area contributed by atoms with Crippen molar-refractivity contribution in [1.82, 2.24) is 14.8 Å². The predicted molar refractivity (Wildman–Crippen MR) is 126 cm³/mol. The molecule has 0 bridgehead atoms. The first-order valence-corrected chi connectivity index (χ1v) is 11.4. The van der Waals surface area contributed by atoms with Crippen molar-refractivity contribution in [2.75, 3.05) is 32.9 Å². The van der Waals surface area contributed by atoms with Crippen molar-refractivity contribution in [3.8, 4) is 17.0 Å². The van der Waals surface area contributed by atoms with Crippen molar-refractivity contribution in [2.24, 2.45) is 5.73 Å². The summed E-state index contributed by atoms with van der Waals surface area (Å²) < 4.78 is 44.9. The molecule has 0 saturated carbocycles. The number of carbonyl (C=O) groups is 2. The van der Waals surface area contributed by atoms with Crippen LogP contribution in [-0.4, -0.2) is 71.0 Å². The number of hydrogen-bond donors (Lipinski definition) is 2. The summed E-state index contributed by atoms with van der Waals surface area (Å²) in [6.45, 7) is -0.267. The number of fused-ring (bicyclic) bond motifs is 1. The number of piperazine rings is 1. The third kappa shape index (κ3) is 5.17. The first-order valence-electron chi connectivity index (χ1n) is 11.0. The summed E-state index contributed by atoms with van der Waals surface area (Å²) >= 11 is 6.35. The number of alkyl halides is 1. The number of halogens is 4. The lowest BCUT2D eigenvalue weighted by Gasteiger charge is -2.38. The average Bonchev–Trinajstić information content (AvgIpc) is 2.86. The molecule has 36 heavy (non-hydrogen) atoms. The Bertz CT molecular complexity index is 1300. The third-order valence-corrected chi connectivity index (χ3v) is 6.08. The highest BCUT2D eigenvalue weighted by Crippen LogP contribution is 2.32. The van der Waals surface area contributed by atoms with E-state index in [1.165, 1.54) is 21.9 Å². The van der Waals surface area contributed by atoms with E-state index in [2.05, 4.69) is 4.98 Å². The lowest BCUT2D eigenvalue weighted by atomic mass is 10.1. The Balaban J connectivity index is 1.55. The lowest BCUT2D eigenvalue weighted by molar-refractivity contribution is 0.0382. The highest BCUT2D eigenvalue weighted by molar-refractivity contribution is 6.35. The van der Waals surface area contributed by atoms with Gasteiger partial charge in [-0.05, 0) is 30.3 Å². The minimum absolute atomic E-state index is 0.0510. The largest absolute Gasteiger partial charge is 0.503 e. The standard InChI is InChI=1S/C24H22ClF3N4O4/c25-16-11-19(14-8-17(27)22(33)18(28)9-14)30-20-10-13(2-3-15(16)20)23(34)31-5-6-32(21(29)12-31)24(35)36-7-1-4-26/h2-3,8-11,21,33H,1,4-7,12,29H2/t21-/m0/s1. The molecule has 12 heteroatoms. The SMILES string of the molecule is N[C@@H]1CN(C(=O)c2ccc3c(Cl)cc(-c4cc(F)c(O)c(F)c4)nc3c2)CCN1C(=O)OCCCF. The van der Waals surface area contributed by atoms with E-state index in [4.69, 9.17) is 22.1 Å². The van der Waals surface area contributed by atoms with Crippen LogP contribution in [0.5, 0.6) is 5.75 Å². The van der Waals surface area contributed by atoms with Crippen molar-refractivity contribution in [3.05, 3.63) is 58.6 Å². The molecule has 1 atom stereocenters. The van der Waals surface area contributed by atoms with Crippen LogP contribution >= 0.6 is 11.6 Å². The zero-order chi connectivity index (χ0) is 26.0. The average molecular weight is 523 g/mol. The fourth-order valence-corrected chi connectivity index (χ4v) is 4.14. The number of nitrogens with zero attached hydrogens (tertiary/aromatic N) is 3. The summed E-state index contributed by atoms with van der Waals surface area (Å²) in [7, 11) is 0. The first-order chi connectivity index (χ1) is 17.2. The second kappa shape index (κ2) is 10.6. The highest BCUT2D eigenvalue weighted by Gasteiger charge is 2.31. The van der Waals surface area contributed by atoms with E-state index in [1.807, 2.05) is 0 Å². The number of nitrogens with two attached hydrogens (primary N) is 1. The Labute approximate surface area is 209 Å². The molecule has 2 heterocycles. The topological polar surface area (TPSA) is 109 Å². The minimum atomic E-state index is -1.14. The van der Waals surface area contributed by atoms with Crippen LogP contribution in [0.15, 0.2) is 36.4 Å². The maximum Gasteiger partial charge on any atom is 0.411 e. The van der Waals surface area contributed by atoms with Gasteiger partial charge in [0, 0.05) is 36.0 Å². The molecule has 0 unspecified atom stereocenters. The Kier molecular flexibility index (Phi) is 7.51. The number of aromatic nitrogens is 1. The number of phenols is 1. The van der Waals surface area contributed by atoms with Crippen LogP contribution in [-0.2, 0) is 4.74 Å². The van der Waals surface area contributed by atoms with Crippen molar-refractivity contribution in [3.63, 3.8) is 0 Å². The summed E-state index contributed by atoms with van der Waals surface area (Å²) in [6.07, 6.45) is -1.38. The zero-order valence-corrected chi connectivity index (χ0v) is 19.6. The molecule has 1 aliphatic rings. The second-order valence-electron chi connectivity index (χ2n) is 8.18. The third-order valence-electron chi connectivity index (χ3n) is 5.76. The lowest BCUT2D eigenvalue weighted by Crippen LogP contribution is -2.60. The number of benzene rings is 2. The highest BCUT2D eigenvalue weighted by atomic mass is 35.5. The van der Waals surface area contributed by atoms with Crippen molar-refractivity contribution >= 4 is 34.5 Å². The number of pyridine rings is 1. The number of hydrogen-bond acceptors (Lipinski definition) is 6. The summed E-state index contributed by atoms with van der Waals surface area (Å²) in [5.41, 5.74) is 6.87. The Morgan fingerprint density at radius 3 is 2.56 bits per heavy atom. The predicted octanol–water partition coefficient (Wildman–Crippen LogP) is 4.08. The van der Waals surface area contributed by atoms with E-state index in [0.29, 0.717) is 10.9 Å². The molecule has 1 aliphatic heterocycles. The number of aromatic hydroxyl groups is 1. The van der Waals surface area contributed by atoms with E-state index < -0.39 is 36.3 Å². The molecule has 4 rings (SSSR count).